The second-order valence-corrected chi connectivity index (χ2v) is 4.28. The van der Waals surface area contributed by atoms with Crippen LogP contribution in [-0.2, 0) is 9.59 Å². The van der Waals surface area contributed by atoms with Gasteiger partial charge in [-0.15, -0.1) is 0 Å². The number of rotatable bonds is 8. The van der Waals surface area contributed by atoms with Gasteiger partial charge >= 0.3 is 0 Å². The number of carbonyl (C=O) groups excluding carboxylic acids is 2. The van der Waals surface area contributed by atoms with Gasteiger partial charge in [0.2, 0.25) is 0 Å². The van der Waals surface area contributed by atoms with E-state index in [-0.39, 0.29) is 0 Å². The van der Waals surface area contributed by atoms with Crippen molar-refractivity contribution in [2.45, 2.75) is 59.3 Å². The van der Waals surface area contributed by atoms with Crippen molar-refractivity contribution in [1.29, 1.82) is 0 Å². The average molecular weight is 198 g/mol. The summed E-state index contributed by atoms with van der Waals surface area (Å²) >= 11 is 0. The highest BCUT2D eigenvalue weighted by molar-refractivity contribution is 5.81. The van der Waals surface area contributed by atoms with Crippen molar-refractivity contribution < 1.29 is 9.59 Å². The molecule has 0 aromatic heterocycles. The molecule has 0 saturated carbocycles. The number of Topliss-reactive ketones (excluding diaryl/α,β-unsaturated/α-hetero) is 2. The van der Waals surface area contributed by atoms with E-state index in [9.17, 15) is 9.59 Å². The normalized spacial score (nSPS) is 10.6. The van der Waals surface area contributed by atoms with Crippen LogP contribution in [0.3, 0.4) is 0 Å². The Morgan fingerprint density at radius 1 is 1.00 bits per heavy atom. The first-order valence-corrected chi connectivity index (χ1v) is 5.59. The van der Waals surface area contributed by atoms with Crippen LogP contribution in [0.2, 0.25) is 0 Å². The summed E-state index contributed by atoms with van der Waals surface area (Å²) in [4.78, 5) is 22.4. The van der Waals surface area contributed by atoms with Crippen LogP contribution < -0.4 is 0 Å². The zero-order chi connectivity index (χ0) is 11.0. The summed E-state index contributed by atoms with van der Waals surface area (Å²) in [5.74, 6) is 1.03. The lowest BCUT2D eigenvalue weighted by Crippen LogP contribution is -2.04. The van der Waals surface area contributed by atoms with Crippen molar-refractivity contribution in [3.05, 3.63) is 0 Å². The largest absolute Gasteiger partial charge is 0.300 e. The lowest BCUT2D eigenvalue weighted by atomic mass is 10.0. The van der Waals surface area contributed by atoms with Gasteiger partial charge < -0.3 is 0 Å². The summed E-state index contributed by atoms with van der Waals surface area (Å²) in [6, 6.07) is 0. The maximum absolute atomic E-state index is 11.3. The van der Waals surface area contributed by atoms with Crippen LogP contribution in [0.15, 0.2) is 0 Å². The van der Waals surface area contributed by atoms with Crippen LogP contribution in [-0.4, -0.2) is 11.6 Å². The molecule has 0 saturated heterocycles. The van der Waals surface area contributed by atoms with E-state index in [0.29, 0.717) is 43.2 Å². The van der Waals surface area contributed by atoms with Crippen molar-refractivity contribution in [1.82, 2.24) is 0 Å². The minimum Gasteiger partial charge on any atom is -0.300 e. The maximum Gasteiger partial charge on any atom is 0.133 e. The summed E-state index contributed by atoms with van der Waals surface area (Å²) < 4.78 is 0. The lowest BCUT2D eigenvalue weighted by molar-refractivity contribution is -0.120. The molecule has 82 valence electrons. The molecule has 0 aliphatic heterocycles. The van der Waals surface area contributed by atoms with Crippen molar-refractivity contribution in [3.8, 4) is 0 Å². The molecule has 0 atom stereocenters. The first-order chi connectivity index (χ1) is 6.56. The highest BCUT2D eigenvalue weighted by atomic mass is 16.1. The average Bonchev–Trinajstić information content (AvgIpc) is 2.02. The third-order valence-electron chi connectivity index (χ3n) is 2.08. The molecule has 2 nitrogen and oxygen atoms in total. The minimum atomic E-state index is 0.296. The topological polar surface area (TPSA) is 34.1 Å². The van der Waals surface area contributed by atoms with Crippen molar-refractivity contribution >= 4 is 11.6 Å². The first-order valence-electron chi connectivity index (χ1n) is 5.59. The molecule has 0 heterocycles. The molecule has 0 fully saturated rings. The monoisotopic (exact) mass is 198 g/mol. The molecule has 0 aromatic carbocycles. The molecule has 0 radical (unpaired) electrons. The Balaban J connectivity index is 3.44. The molecule has 0 aliphatic carbocycles. The molecule has 2 heteroatoms. The van der Waals surface area contributed by atoms with Gasteiger partial charge in [0.05, 0.1) is 0 Å². The Labute approximate surface area is 87.1 Å². The van der Waals surface area contributed by atoms with Gasteiger partial charge in [0.15, 0.2) is 0 Å². The maximum atomic E-state index is 11.3. The quantitative estimate of drug-likeness (QED) is 0.600. The van der Waals surface area contributed by atoms with Crippen LogP contribution >= 0.6 is 0 Å². The van der Waals surface area contributed by atoms with Crippen LogP contribution in [0.5, 0.6) is 0 Å². The van der Waals surface area contributed by atoms with Crippen LogP contribution in [0, 0.1) is 5.92 Å². The van der Waals surface area contributed by atoms with Gasteiger partial charge in [0.1, 0.15) is 11.6 Å². The molecule has 14 heavy (non-hydrogen) atoms. The predicted molar refractivity (Wildman–Crippen MR) is 58.2 cm³/mol. The molecular formula is C12H22O2. The van der Waals surface area contributed by atoms with Gasteiger partial charge in [-0.2, -0.15) is 0 Å². The third kappa shape index (κ3) is 7.96. The van der Waals surface area contributed by atoms with Gasteiger partial charge in [-0.05, 0) is 18.8 Å². The summed E-state index contributed by atoms with van der Waals surface area (Å²) in [5.41, 5.74) is 0. The molecular weight excluding hydrogens is 176 g/mol. The van der Waals surface area contributed by atoms with Gasteiger partial charge in [-0.1, -0.05) is 20.8 Å². The van der Waals surface area contributed by atoms with E-state index < -0.39 is 0 Å². The Morgan fingerprint density at radius 3 is 2.07 bits per heavy atom. The molecule has 0 bridgehead atoms. The summed E-state index contributed by atoms with van der Waals surface area (Å²) in [6.45, 7) is 6.09. The van der Waals surface area contributed by atoms with E-state index in [1.807, 2.05) is 20.8 Å². The fourth-order valence-electron chi connectivity index (χ4n) is 1.44. The number of carbonyl (C=O) groups is 2. The van der Waals surface area contributed by atoms with Crippen molar-refractivity contribution in [2.75, 3.05) is 0 Å². The van der Waals surface area contributed by atoms with E-state index >= 15 is 0 Å². The third-order valence-corrected chi connectivity index (χ3v) is 2.08. The molecule has 0 aromatic rings. The molecule has 0 unspecified atom stereocenters. The SMILES string of the molecule is CCCC(=O)CCCC(=O)CC(C)C. The standard InChI is InChI=1S/C12H22O2/c1-4-6-11(13)7-5-8-12(14)9-10(2)3/h10H,4-9H2,1-3H3. The Hall–Kier alpha value is -0.660. The molecule has 0 amide bonds. The second-order valence-electron chi connectivity index (χ2n) is 4.28. The van der Waals surface area contributed by atoms with Gasteiger partial charge in [0.25, 0.3) is 0 Å². The van der Waals surface area contributed by atoms with Crippen LogP contribution in [0.1, 0.15) is 59.3 Å². The molecule has 0 spiro atoms. The zero-order valence-electron chi connectivity index (χ0n) is 9.64. The molecule has 0 rings (SSSR count). The van der Waals surface area contributed by atoms with Gasteiger partial charge in [-0.25, -0.2) is 0 Å². The summed E-state index contributed by atoms with van der Waals surface area (Å²) in [6.07, 6.45) is 4.13. The Kier molecular flexibility index (Phi) is 7.35. The highest BCUT2D eigenvalue weighted by Crippen LogP contribution is 2.07. The summed E-state index contributed by atoms with van der Waals surface area (Å²) in [7, 11) is 0. The van der Waals surface area contributed by atoms with Gasteiger partial charge in [0, 0.05) is 25.7 Å². The van der Waals surface area contributed by atoms with E-state index in [2.05, 4.69) is 0 Å². The fraction of sp³-hybridized carbons (Fsp3) is 0.833. The number of hydrogen-bond donors (Lipinski definition) is 0. The van der Waals surface area contributed by atoms with Crippen LogP contribution in [0.4, 0.5) is 0 Å². The van der Waals surface area contributed by atoms with Crippen molar-refractivity contribution in [3.63, 3.8) is 0 Å². The second kappa shape index (κ2) is 7.72. The van der Waals surface area contributed by atoms with E-state index in [4.69, 9.17) is 0 Å². The number of ketones is 2. The zero-order valence-corrected chi connectivity index (χ0v) is 9.64. The van der Waals surface area contributed by atoms with Gasteiger partial charge in [-0.3, -0.25) is 9.59 Å². The van der Waals surface area contributed by atoms with E-state index in [0.717, 1.165) is 12.8 Å². The molecule has 0 N–H and O–H groups in total. The van der Waals surface area contributed by atoms with Crippen LogP contribution in [0.25, 0.3) is 0 Å². The Bertz CT molecular complexity index is 183. The highest BCUT2D eigenvalue weighted by Gasteiger charge is 2.06. The Morgan fingerprint density at radius 2 is 1.57 bits per heavy atom. The first kappa shape index (κ1) is 13.3. The lowest BCUT2D eigenvalue weighted by Gasteiger charge is -2.03. The van der Waals surface area contributed by atoms with Crippen molar-refractivity contribution in [2.24, 2.45) is 5.92 Å². The fourth-order valence-corrected chi connectivity index (χ4v) is 1.44. The summed E-state index contributed by atoms with van der Waals surface area (Å²) in [5, 5.41) is 0. The minimum absolute atomic E-state index is 0.296. The predicted octanol–water partition coefficient (Wildman–Crippen LogP) is 3.14. The van der Waals surface area contributed by atoms with E-state index in [1.165, 1.54) is 0 Å². The molecule has 0 aliphatic rings. The smallest absolute Gasteiger partial charge is 0.133 e. The van der Waals surface area contributed by atoms with E-state index in [1.54, 1.807) is 0 Å². The number of hydrogen-bond acceptors (Lipinski definition) is 2.